The zero-order chi connectivity index (χ0) is 14.7. The van der Waals surface area contributed by atoms with E-state index in [9.17, 15) is 0 Å². The van der Waals surface area contributed by atoms with E-state index in [1.165, 1.54) is 16.7 Å². The van der Waals surface area contributed by atoms with Gasteiger partial charge >= 0.3 is 0 Å². The van der Waals surface area contributed by atoms with Gasteiger partial charge < -0.3 is 0 Å². The Bertz CT molecular complexity index is 608. The first-order chi connectivity index (χ1) is 9.56. The molecule has 0 aliphatic rings. The molecule has 2 rings (SSSR count). The number of alkyl halides is 1. The molecule has 0 N–H and O–H groups in total. The van der Waals surface area contributed by atoms with E-state index >= 15 is 0 Å². The first kappa shape index (κ1) is 16.1. The summed E-state index contributed by atoms with van der Waals surface area (Å²) in [4.78, 5) is 0. The van der Waals surface area contributed by atoms with Gasteiger partial charge in [0, 0.05) is 8.59 Å². The quantitative estimate of drug-likeness (QED) is 0.398. The van der Waals surface area contributed by atoms with E-state index in [-0.39, 0.29) is 5.38 Å². The Morgan fingerprint density at radius 3 is 2.40 bits per heavy atom. The SMILES string of the molecule is CCc1ccc(CC)c(C(Cl)c2cc(Cl)ccc2I)c1. The maximum Gasteiger partial charge on any atom is 0.0848 e. The number of halogens is 3. The maximum absolute atomic E-state index is 6.76. The predicted molar refractivity (Wildman–Crippen MR) is 97.1 cm³/mol. The van der Waals surface area contributed by atoms with Crippen molar-refractivity contribution in [1.29, 1.82) is 0 Å². The minimum absolute atomic E-state index is 0.151. The summed E-state index contributed by atoms with van der Waals surface area (Å²) in [6, 6.07) is 12.5. The van der Waals surface area contributed by atoms with Gasteiger partial charge in [-0.2, -0.15) is 0 Å². The first-order valence-corrected chi connectivity index (χ1v) is 8.66. The van der Waals surface area contributed by atoms with Crippen molar-refractivity contribution in [2.45, 2.75) is 32.1 Å². The van der Waals surface area contributed by atoms with E-state index in [1.54, 1.807) is 0 Å². The van der Waals surface area contributed by atoms with Crippen LogP contribution in [0, 0.1) is 3.57 Å². The van der Waals surface area contributed by atoms with Crippen molar-refractivity contribution in [3.8, 4) is 0 Å². The van der Waals surface area contributed by atoms with Crippen molar-refractivity contribution in [2.75, 3.05) is 0 Å². The number of hydrogen-bond acceptors (Lipinski definition) is 0. The molecule has 0 aliphatic carbocycles. The molecule has 2 aromatic carbocycles. The van der Waals surface area contributed by atoms with Crippen LogP contribution in [-0.4, -0.2) is 0 Å². The van der Waals surface area contributed by atoms with Crippen LogP contribution in [0.3, 0.4) is 0 Å². The summed E-state index contributed by atoms with van der Waals surface area (Å²) in [7, 11) is 0. The van der Waals surface area contributed by atoms with Gasteiger partial charge in [-0.05, 0) is 75.9 Å². The zero-order valence-corrected chi connectivity index (χ0v) is 15.3. The molecule has 1 unspecified atom stereocenters. The highest BCUT2D eigenvalue weighted by Crippen LogP contribution is 2.36. The van der Waals surface area contributed by atoms with Crippen LogP contribution in [0.15, 0.2) is 36.4 Å². The van der Waals surface area contributed by atoms with Gasteiger partial charge in [-0.25, -0.2) is 0 Å². The first-order valence-electron chi connectivity index (χ1n) is 6.77. The van der Waals surface area contributed by atoms with Gasteiger partial charge in [0.05, 0.1) is 5.38 Å². The van der Waals surface area contributed by atoms with Crippen LogP contribution in [0.5, 0.6) is 0 Å². The molecule has 0 bridgehead atoms. The van der Waals surface area contributed by atoms with E-state index in [4.69, 9.17) is 23.2 Å². The Morgan fingerprint density at radius 2 is 1.75 bits per heavy atom. The van der Waals surface area contributed by atoms with Crippen LogP contribution in [0.2, 0.25) is 5.02 Å². The summed E-state index contributed by atoms with van der Waals surface area (Å²) < 4.78 is 1.15. The Morgan fingerprint density at radius 1 is 1.00 bits per heavy atom. The van der Waals surface area contributed by atoms with E-state index < -0.39 is 0 Å². The summed E-state index contributed by atoms with van der Waals surface area (Å²) in [5.74, 6) is 0. The van der Waals surface area contributed by atoms with Gasteiger partial charge in [0.1, 0.15) is 0 Å². The highest BCUT2D eigenvalue weighted by atomic mass is 127. The third kappa shape index (κ3) is 3.49. The molecule has 0 amide bonds. The van der Waals surface area contributed by atoms with Crippen molar-refractivity contribution in [3.63, 3.8) is 0 Å². The van der Waals surface area contributed by atoms with Gasteiger partial charge in [-0.3, -0.25) is 0 Å². The lowest BCUT2D eigenvalue weighted by Crippen LogP contribution is -2.02. The molecule has 0 aromatic heterocycles. The number of rotatable bonds is 4. The second-order valence-electron chi connectivity index (χ2n) is 4.77. The smallest absolute Gasteiger partial charge is 0.0848 e. The van der Waals surface area contributed by atoms with E-state index in [1.807, 2.05) is 18.2 Å². The Hall–Kier alpha value is -0.250. The van der Waals surface area contributed by atoms with Crippen LogP contribution in [0.1, 0.15) is 41.5 Å². The van der Waals surface area contributed by atoms with Gasteiger partial charge in [-0.15, -0.1) is 11.6 Å². The molecule has 0 radical (unpaired) electrons. The molecule has 0 spiro atoms. The average Bonchev–Trinajstić information content (AvgIpc) is 2.48. The summed E-state index contributed by atoms with van der Waals surface area (Å²) in [6.07, 6.45) is 2.01. The maximum atomic E-state index is 6.76. The van der Waals surface area contributed by atoms with Crippen molar-refractivity contribution >= 4 is 45.8 Å². The molecule has 0 saturated carbocycles. The summed E-state index contributed by atoms with van der Waals surface area (Å²) in [5.41, 5.74) is 4.91. The Balaban J connectivity index is 2.51. The number of hydrogen-bond donors (Lipinski definition) is 0. The summed E-state index contributed by atoms with van der Waals surface area (Å²) in [6.45, 7) is 4.33. The fourth-order valence-electron chi connectivity index (χ4n) is 2.30. The lowest BCUT2D eigenvalue weighted by molar-refractivity contribution is 1.01. The molecule has 2 aromatic rings. The van der Waals surface area contributed by atoms with Crippen LogP contribution < -0.4 is 0 Å². The van der Waals surface area contributed by atoms with Gasteiger partial charge in [-0.1, -0.05) is 43.6 Å². The standard InChI is InChI=1S/C17H17Cl2I/c1-3-11-5-6-12(4-2)14(9-11)17(19)15-10-13(18)7-8-16(15)20/h5-10,17H,3-4H2,1-2H3. The van der Waals surface area contributed by atoms with Crippen molar-refractivity contribution < 1.29 is 0 Å². The molecule has 0 fully saturated rings. The number of aryl methyl sites for hydroxylation is 2. The third-order valence-corrected chi connectivity index (χ3v) is 5.19. The van der Waals surface area contributed by atoms with Crippen LogP contribution in [-0.2, 0) is 12.8 Å². The fourth-order valence-corrected chi connectivity index (χ4v) is 3.69. The van der Waals surface area contributed by atoms with Gasteiger partial charge in [0.15, 0.2) is 0 Å². The van der Waals surface area contributed by atoms with Gasteiger partial charge in [0.25, 0.3) is 0 Å². The summed E-state index contributed by atoms with van der Waals surface area (Å²) in [5, 5.41) is 0.581. The van der Waals surface area contributed by atoms with Crippen molar-refractivity contribution in [1.82, 2.24) is 0 Å². The second kappa shape index (κ2) is 7.15. The third-order valence-electron chi connectivity index (χ3n) is 3.50. The molecular formula is C17H17Cl2I. The normalized spacial score (nSPS) is 12.4. The topological polar surface area (TPSA) is 0 Å². The highest BCUT2D eigenvalue weighted by molar-refractivity contribution is 14.1. The van der Waals surface area contributed by atoms with Crippen LogP contribution >= 0.6 is 45.8 Å². The van der Waals surface area contributed by atoms with Crippen molar-refractivity contribution in [2.24, 2.45) is 0 Å². The van der Waals surface area contributed by atoms with Crippen LogP contribution in [0.4, 0.5) is 0 Å². The van der Waals surface area contributed by atoms with E-state index in [2.05, 4.69) is 54.6 Å². The molecule has 1 atom stereocenters. The van der Waals surface area contributed by atoms with E-state index in [0.29, 0.717) is 0 Å². The second-order valence-corrected chi connectivity index (χ2v) is 6.80. The summed E-state index contributed by atoms with van der Waals surface area (Å²) >= 11 is 15.2. The molecule has 106 valence electrons. The molecule has 0 saturated heterocycles. The van der Waals surface area contributed by atoms with Gasteiger partial charge in [0.2, 0.25) is 0 Å². The lowest BCUT2D eigenvalue weighted by Gasteiger charge is -2.17. The molecule has 3 heteroatoms. The largest absolute Gasteiger partial charge is 0.113 e. The number of benzene rings is 2. The molecule has 0 aliphatic heterocycles. The average molecular weight is 419 g/mol. The minimum atomic E-state index is -0.151. The minimum Gasteiger partial charge on any atom is -0.113 e. The Kier molecular flexibility index (Phi) is 5.76. The monoisotopic (exact) mass is 418 g/mol. The Labute approximate surface area is 144 Å². The predicted octanol–water partition coefficient (Wildman–Crippen LogP) is 6.40. The zero-order valence-electron chi connectivity index (χ0n) is 11.6. The highest BCUT2D eigenvalue weighted by Gasteiger charge is 2.17. The lowest BCUT2D eigenvalue weighted by atomic mass is 9.95. The van der Waals surface area contributed by atoms with Crippen molar-refractivity contribution in [3.05, 3.63) is 67.2 Å². The van der Waals surface area contributed by atoms with E-state index in [0.717, 1.165) is 27.0 Å². The molecule has 20 heavy (non-hydrogen) atoms. The fraction of sp³-hybridized carbons (Fsp3) is 0.294. The van der Waals surface area contributed by atoms with Crippen LogP contribution in [0.25, 0.3) is 0 Å². The molecule has 0 nitrogen and oxygen atoms in total. The molecular weight excluding hydrogens is 402 g/mol. The molecule has 0 heterocycles.